The first-order valence-electron chi connectivity index (χ1n) is 8.35. The maximum absolute atomic E-state index is 12.5. The second-order valence-electron chi connectivity index (χ2n) is 7.60. The number of carbonyl (C=O) groups excluding carboxylic acids is 1. The molecule has 0 spiro atoms. The van der Waals surface area contributed by atoms with Gasteiger partial charge < -0.3 is 0 Å². The lowest BCUT2D eigenvalue weighted by molar-refractivity contribution is -0.115. The van der Waals surface area contributed by atoms with Crippen molar-refractivity contribution < 1.29 is 4.79 Å². The van der Waals surface area contributed by atoms with Gasteiger partial charge in [-0.05, 0) is 76.7 Å². The predicted octanol–water partition coefficient (Wildman–Crippen LogP) is 5.77. The van der Waals surface area contributed by atoms with Gasteiger partial charge in [0.25, 0.3) is 0 Å². The van der Waals surface area contributed by atoms with Crippen molar-refractivity contribution in [2.45, 2.75) is 73.1 Å². The van der Waals surface area contributed by atoms with E-state index in [1.54, 1.807) is 0 Å². The molecule has 2 unspecified atom stereocenters. The Morgan fingerprint density at radius 3 is 2.48 bits per heavy atom. The molecule has 0 aromatic carbocycles. The molecule has 1 fully saturated rings. The van der Waals surface area contributed by atoms with Gasteiger partial charge in [-0.3, -0.25) is 4.79 Å². The Morgan fingerprint density at radius 2 is 1.81 bits per heavy atom. The lowest BCUT2D eigenvalue weighted by Gasteiger charge is -2.31. The van der Waals surface area contributed by atoms with E-state index in [4.69, 9.17) is 0 Å². The van der Waals surface area contributed by atoms with Gasteiger partial charge in [0.1, 0.15) is 0 Å². The lowest BCUT2D eigenvalue weighted by atomic mass is 9.72. The molecule has 0 radical (unpaired) electrons. The number of fused-ring (bicyclic) bond motifs is 1. The lowest BCUT2D eigenvalue weighted by Crippen LogP contribution is -2.22. The van der Waals surface area contributed by atoms with Crippen LogP contribution in [0.4, 0.5) is 0 Å². The summed E-state index contributed by atoms with van der Waals surface area (Å²) in [6.07, 6.45) is 11.1. The summed E-state index contributed by atoms with van der Waals surface area (Å²) in [5, 5.41) is 0. The zero-order valence-corrected chi connectivity index (χ0v) is 14.4. The molecule has 0 bridgehead atoms. The van der Waals surface area contributed by atoms with E-state index in [2.05, 4.69) is 46.8 Å². The van der Waals surface area contributed by atoms with E-state index in [1.165, 1.54) is 16.7 Å². The summed E-state index contributed by atoms with van der Waals surface area (Å²) in [5.74, 6) is 0.827. The minimum absolute atomic E-state index is 0.121. The highest BCUT2D eigenvalue weighted by Crippen LogP contribution is 2.51. The molecule has 0 heterocycles. The van der Waals surface area contributed by atoms with Crippen LogP contribution in [0.2, 0.25) is 0 Å². The summed E-state index contributed by atoms with van der Waals surface area (Å²) < 4.78 is 0. The van der Waals surface area contributed by atoms with Crippen LogP contribution in [0, 0.1) is 11.3 Å². The molecule has 0 aromatic heterocycles. The molecule has 116 valence electrons. The summed E-state index contributed by atoms with van der Waals surface area (Å²) >= 11 is 0. The number of hydrogen-bond donors (Lipinski definition) is 0. The van der Waals surface area contributed by atoms with Gasteiger partial charge in [0.05, 0.1) is 0 Å². The monoisotopic (exact) mass is 286 g/mol. The van der Waals surface area contributed by atoms with Crippen LogP contribution in [-0.4, -0.2) is 5.78 Å². The highest BCUT2D eigenvalue weighted by atomic mass is 16.1. The van der Waals surface area contributed by atoms with Crippen molar-refractivity contribution in [3.63, 3.8) is 0 Å². The van der Waals surface area contributed by atoms with Gasteiger partial charge in [0.15, 0.2) is 5.78 Å². The van der Waals surface area contributed by atoms with Crippen LogP contribution >= 0.6 is 0 Å². The topological polar surface area (TPSA) is 17.1 Å². The Bertz CT molecular complexity index is 514. The van der Waals surface area contributed by atoms with Gasteiger partial charge in [0.2, 0.25) is 0 Å². The molecule has 0 aliphatic heterocycles. The third kappa shape index (κ3) is 3.56. The zero-order valence-electron chi connectivity index (χ0n) is 14.4. The van der Waals surface area contributed by atoms with Gasteiger partial charge in [-0.15, -0.1) is 0 Å². The molecule has 0 N–H and O–H groups in total. The Morgan fingerprint density at radius 1 is 1.14 bits per heavy atom. The molecule has 2 aliphatic carbocycles. The normalized spacial score (nSPS) is 36.1. The maximum Gasteiger partial charge on any atom is 0.159 e. The van der Waals surface area contributed by atoms with Crippen LogP contribution in [0.3, 0.4) is 0 Å². The molecule has 0 amide bonds. The van der Waals surface area contributed by atoms with Crippen LogP contribution in [0.1, 0.15) is 73.1 Å². The number of ketones is 1. The molecule has 1 saturated carbocycles. The largest absolute Gasteiger partial charge is 0.295 e. The molecule has 2 aliphatic rings. The fraction of sp³-hybridized carbons (Fsp3) is 0.650. The van der Waals surface area contributed by atoms with Gasteiger partial charge in [-0.2, -0.15) is 0 Å². The summed E-state index contributed by atoms with van der Waals surface area (Å²) in [6, 6.07) is 0. The van der Waals surface area contributed by atoms with Crippen LogP contribution in [-0.2, 0) is 4.79 Å². The average Bonchev–Trinajstić information content (AvgIpc) is 2.64. The Hall–Kier alpha value is -1.11. The van der Waals surface area contributed by atoms with Crippen molar-refractivity contribution >= 4 is 5.78 Å². The van der Waals surface area contributed by atoms with E-state index < -0.39 is 0 Å². The second kappa shape index (κ2) is 6.34. The molecule has 2 rings (SSSR count). The summed E-state index contributed by atoms with van der Waals surface area (Å²) in [7, 11) is 0. The molecule has 0 aromatic rings. The number of hydrogen-bond acceptors (Lipinski definition) is 1. The van der Waals surface area contributed by atoms with Crippen molar-refractivity contribution in [1.82, 2.24) is 0 Å². The number of Topliss-reactive ketones (excluding diaryl/α,β-unsaturated/α-hetero) is 1. The first-order valence-corrected chi connectivity index (χ1v) is 8.35. The zero-order chi connectivity index (χ0) is 15.6. The first-order chi connectivity index (χ1) is 9.83. The molecule has 1 heteroatoms. The highest BCUT2D eigenvalue weighted by Gasteiger charge is 2.46. The summed E-state index contributed by atoms with van der Waals surface area (Å²) in [6.45, 7) is 11.0. The smallest absolute Gasteiger partial charge is 0.159 e. The van der Waals surface area contributed by atoms with Crippen molar-refractivity contribution in [1.29, 1.82) is 0 Å². The summed E-state index contributed by atoms with van der Waals surface area (Å²) in [5.41, 5.74) is 5.44. The van der Waals surface area contributed by atoms with E-state index in [-0.39, 0.29) is 5.41 Å². The number of carbonyl (C=O) groups is 1. The van der Waals surface area contributed by atoms with Crippen molar-refractivity contribution in [3.8, 4) is 0 Å². The predicted molar refractivity (Wildman–Crippen MR) is 90.2 cm³/mol. The Labute approximate surface area is 130 Å². The van der Waals surface area contributed by atoms with Crippen molar-refractivity contribution in [3.05, 3.63) is 34.4 Å². The van der Waals surface area contributed by atoms with E-state index in [0.717, 1.165) is 44.1 Å². The van der Waals surface area contributed by atoms with E-state index in [1.807, 2.05) is 0 Å². The van der Waals surface area contributed by atoms with E-state index in [9.17, 15) is 4.79 Å². The summed E-state index contributed by atoms with van der Waals surface area (Å²) in [4.78, 5) is 12.5. The molecular weight excluding hydrogens is 256 g/mol. The van der Waals surface area contributed by atoms with Crippen LogP contribution in [0.25, 0.3) is 0 Å². The minimum atomic E-state index is 0.121. The van der Waals surface area contributed by atoms with Crippen LogP contribution in [0.5, 0.6) is 0 Å². The minimum Gasteiger partial charge on any atom is -0.295 e. The molecule has 21 heavy (non-hydrogen) atoms. The average molecular weight is 286 g/mol. The van der Waals surface area contributed by atoms with Gasteiger partial charge in [0, 0.05) is 6.42 Å². The highest BCUT2D eigenvalue weighted by molar-refractivity contribution is 5.99. The molecule has 1 nitrogen and oxygen atoms in total. The van der Waals surface area contributed by atoms with Gasteiger partial charge >= 0.3 is 0 Å². The second-order valence-corrected chi connectivity index (χ2v) is 7.60. The molecule has 0 saturated heterocycles. The first kappa shape index (κ1) is 16.3. The third-order valence-electron chi connectivity index (χ3n) is 5.37. The SMILES string of the molecule is CC(C)=C1C(=O)CC2(C)C/C=C(/C)CC/C=C(/C)CCC12. The van der Waals surface area contributed by atoms with Crippen molar-refractivity contribution in [2.75, 3.05) is 0 Å². The Kier molecular flexibility index (Phi) is 4.91. The van der Waals surface area contributed by atoms with E-state index in [0.29, 0.717) is 11.7 Å². The van der Waals surface area contributed by atoms with E-state index >= 15 is 0 Å². The number of rotatable bonds is 0. The maximum atomic E-state index is 12.5. The molecular formula is C20H30O. The fourth-order valence-electron chi connectivity index (χ4n) is 3.99. The fourth-order valence-corrected chi connectivity index (χ4v) is 3.99. The number of allylic oxidation sites excluding steroid dienone is 6. The molecule has 2 atom stereocenters. The van der Waals surface area contributed by atoms with Crippen molar-refractivity contribution in [2.24, 2.45) is 11.3 Å². The standard InChI is InChI=1S/C20H30O/c1-14(2)19-17-10-9-15(3)7-6-8-16(4)11-12-20(17,5)13-18(19)21/h7,11,17H,6,8-10,12-13H2,1-5H3/b15-7-,16-11-. The van der Waals surface area contributed by atoms with Gasteiger partial charge in [-0.25, -0.2) is 0 Å². The van der Waals surface area contributed by atoms with Crippen LogP contribution < -0.4 is 0 Å². The van der Waals surface area contributed by atoms with Crippen LogP contribution in [0.15, 0.2) is 34.4 Å². The quantitative estimate of drug-likeness (QED) is 0.408. The Balaban J connectivity index is 2.40. The third-order valence-corrected chi connectivity index (χ3v) is 5.37. The van der Waals surface area contributed by atoms with Gasteiger partial charge in [-0.1, -0.05) is 35.8 Å².